The van der Waals surface area contributed by atoms with Crippen LogP contribution < -0.4 is 11.1 Å². The van der Waals surface area contributed by atoms with Crippen molar-refractivity contribution < 1.29 is 9.53 Å². The Balaban J connectivity index is 2.96. The molecule has 0 spiro atoms. The quantitative estimate of drug-likeness (QED) is 0.520. The minimum absolute atomic E-state index is 0.336. The van der Waals surface area contributed by atoms with E-state index in [0.717, 1.165) is 13.1 Å². The van der Waals surface area contributed by atoms with Gasteiger partial charge in [0.1, 0.15) is 6.61 Å². The molecule has 0 bridgehead atoms. The van der Waals surface area contributed by atoms with Crippen LogP contribution in [0.25, 0.3) is 0 Å². The molecule has 12 heavy (non-hydrogen) atoms. The van der Waals surface area contributed by atoms with Gasteiger partial charge in [0.2, 0.25) is 0 Å². The Kier molecular flexibility index (Phi) is 6.41. The Morgan fingerprint density at radius 3 is 2.67 bits per heavy atom. The molecule has 5 nitrogen and oxygen atoms in total. The van der Waals surface area contributed by atoms with E-state index in [2.05, 4.69) is 15.0 Å². The molecule has 0 radical (unpaired) electrons. The van der Waals surface area contributed by atoms with Gasteiger partial charge in [0.25, 0.3) is 0 Å². The molecule has 0 saturated heterocycles. The van der Waals surface area contributed by atoms with Crippen molar-refractivity contribution in [2.45, 2.75) is 0 Å². The second-order valence-corrected chi connectivity index (χ2v) is 2.72. The third kappa shape index (κ3) is 9.19. The molecule has 5 heteroatoms. The minimum Gasteiger partial charge on any atom is -0.448 e. The average molecular weight is 175 g/mol. The number of hydrogen-bond donors (Lipinski definition) is 2. The first kappa shape index (κ1) is 11.2. The molecule has 0 aromatic carbocycles. The molecule has 3 N–H and O–H groups in total. The van der Waals surface area contributed by atoms with Crippen molar-refractivity contribution >= 4 is 6.09 Å². The molecular weight excluding hydrogens is 158 g/mol. The van der Waals surface area contributed by atoms with Crippen LogP contribution in [-0.4, -0.2) is 51.3 Å². The number of carbonyl (C=O) groups excluding carboxylic acids is 1. The lowest BCUT2D eigenvalue weighted by Gasteiger charge is -2.09. The molecule has 0 fully saturated rings. The summed E-state index contributed by atoms with van der Waals surface area (Å²) in [4.78, 5) is 12.2. The second-order valence-electron chi connectivity index (χ2n) is 2.72. The van der Waals surface area contributed by atoms with Gasteiger partial charge in [-0.05, 0) is 14.1 Å². The number of nitrogens with zero attached hydrogens (tertiary/aromatic N) is 1. The van der Waals surface area contributed by atoms with E-state index in [9.17, 15) is 4.79 Å². The van der Waals surface area contributed by atoms with Crippen LogP contribution in [0.15, 0.2) is 0 Å². The van der Waals surface area contributed by atoms with Crippen molar-refractivity contribution in [2.75, 3.05) is 40.3 Å². The highest BCUT2D eigenvalue weighted by Gasteiger charge is 1.92. The maximum atomic E-state index is 10.1. The van der Waals surface area contributed by atoms with Crippen LogP contribution in [0.4, 0.5) is 4.79 Å². The normalized spacial score (nSPS) is 10.2. The summed E-state index contributed by atoms with van der Waals surface area (Å²) in [7, 11) is 4.00. The number of likely N-dealkylation sites (N-methyl/N-ethyl adjacent to an activating group) is 1. The molecule has 0 atom stereocenters. The van der Waals surface area contributed by atoms with Crippen molar-refractivity contribution in [1.82, 2.24) is 10.2 Å². The van der Waals surface area contributed by atoms with Crippen LogP contribution in [0, 0.1) is 0 Å². The zero-order valence-electron chi connectivity index (χ0n) is 7.67. The summed E-state index contributed by atoms with van der Waals surface area (Å²) in [5.74, 6) is 0. The fourth-order valence-corrected chi connectivity index (χ4v) is 0.651. The minimum atomic E-state index is -0.718. The zero-order valence-corrected chi connectivity index (χ0v) is 7.67. The summed E-state index contributed by atoms with van der Waals surface area (Å²) in [6, 6.07) is 0. The van der Waals surface area contributed by atoms with Crippen molar-refractivity contribution in [3.8, 4) is 0 Å². The Morgan fingerprint density at radius 1 is 1.50 bits per heavy atom. The van der Waals surface area contributed by atoms with Gasteiger partial charge in [-0.2, -0.15) is 0 Å². The molecule has 0 aliphatic carbocycles. The van der Waals surface area contributed by atoms with E-state index in [-0.39, 0.29) is 0 Å². The number of hydrogen-bond acceptors (Lipinski definition) is 4. The van der Waals surface area contributed by atoms with E-state index in [1.165, 1.54) is 0 Å². The smallest absolute Gasteiger partial charge is 0.404 e. The number of rotatable bonds is 6. The van der Waals surface area contributed by atoms with E-state index in [0.29, 0.717) is 13.2 Å². The van der Waals surface area contributed by atoms with Crippen LogP contribution >= 0.6 is 0 Å². The summed E-state index contributed by atoms with van der Waals surface area (Å²) in [5, 5.41) is 3.10. The predicted molar refractivity (Wildman–Crippen MR) is 47.0 cm³/mol. The standard InChI is InChI=1S/C7H17N3O2/c1-10(2)5-3-9-4-6-12-7(8)11/h9H,3-6H2,1-2H3,(H2,8,11). The number of primary amides is 1. The van der Waals surface area contributed by atoms with Gasteiger partial charge in [0.05, 0.1) is 0 Å². The third-order valence-electron chi connectivity index (χ3n) is 1.26. The molecule has 0 unspecified atom stereocenters. The van der Waals surface area contributed by atoms with Crippen molar-refractivity contribution in [3.05, 3.63) is 0 Å². The zero-order chi connectivity index (χ0) is 9.40. The Hall–Kier alpha value is -0.810. The fourth-order valence-electron chi connectivity index (χ4n) is 0.651. The Bertz CT molecular complexity index is 128. The summed E-state index contributed by atoms with van der Waals surface area (Å²) < 4.78 is 4.51. The highest BCUT2D eigenvalue weighted by atomic mass is 16.5. The fraction of sp³-hybridized carbons (Fsp3) is 0.857. The van der Waals surface area contributed by atoms with Crippen LogP contribution in [0.3, 0.4) is 0 Å². The summed E-state index contributed by atoms with van der Waals surface area (Å²) >= 11 is 0. The molecule has 0 aliphatic rings. The van der Waals surface area contributed by atoms with E-state index >= 15 is 0 Å². The molecule has 0 saturated carbocycles. The number of nitrogens with one attached hydrogen (secondary N) is 1. The number of amides is 1. The molecule has 0 aliphatic heterocycles. The summed E-state index contributed by atoms with van der Waals surface area (Å²) in [6.07, 6.45) is -0.718. The second kappa shape index (κ2) is 6.87. The van der Waals surface area contributed by atoms with Crippen LogP contribution in [0.1, 0.15) is 0 Å². The SMILES string of the molecule is CN(C)CCNCCOC(N)=O. The molecular formula is C7H17N3O2. The highest BCUT2D eigenvalue weighted by Crippen LogP contribution is 1.73. The van der Waals surface area contributed by atoms with Gasteiger partial charge in [-0.3, -0.25) is 0 Å². The van der Waals surface area contributed by atoms with Gasteiger partial charge in [0, 0.05) is 19.6 Å². The highest BCUT2D eigenvalue weighted by molar-refractivity contribution is 5.64. The summed E-state index contributed by atoms with van der Waals surface area (Å²) in [5.41, 5.74) is 4.76. The Morgan fingerprint density at radius 2 is 2.17 bits per heavy atom. The van der Waals surface area contributed by atoms with E-state index in [4.69, 9.17) is 5.73 Å². The topological polar surface area (TPSA) is 67.6 Å². The van der Waals surface area contributed by atoms with Gasteiger partial charge >= 0.3 is 6.09 Å². The maximum Gasteiger partial charge on any atom is 0.404 e. The molecule has 0 heterocycles. The molecule has 72 valence electrons. The van der Waals surface area contributed by atoms with Gasteiger partial charge in [-0.25, -0.2) is 4.79 Å². The van der Waals surface area contributed by atoms with Crippen molar-refractivity contribution in [1.29, 1.82) is 0 Å². The van der Waals surface area contributed by atoms with E-state index in [1.807, 2.05) is 14.1 Å². The number of nitrogens with two attached hydrogens (primary N) is 1. The molecule has 0 aromatic heterocycles. The number of carbonyl (C=O) groups is 1. The predicted octanol–water partition coefficient (Wildman–Crippen LogP) is -0.767. The maximum absolute atomic E-state index is 10.1. The van der Waals surface area contributed by atoms with Crippen LogP contribution in [0.2, 0.25) is 0 Å². The van der Waals surface area contributed by atoms with E-state index < -0.39 is 6.09 Å². The lowest BCUT2D eigenvalue weighted by atomic mass is 10.5. The molecule has 0 aromatic rings. The van der Waals surface area contributed by atoms with E-state index in [1.54, 1.807) is 0 Å². The van der Waals surface area contributed by atoms with Crippen molar-refractivity contribution in [2.24, 2.45) is 5.73 Å². The largest absolute Gasteiger partial charge is 0.448 e. The first-order valence-electron chi connectivity index (χ1n) is 3.90. The van der Waals surface area contributed by atoms with Gasteiger partial charge in [-0.15, -0.1) is 0 Å². The average Bonchev–Trinajstić information content (AvgIpc) is 1.95. The monoisotopic (exact) mass is 175 g/mol. The van der Waals surface area contributed by atoms with Gasteiger partial charge in [-0.1, -0.05) is 0 Å². The lowest BCUT2D eigenvalue weighted by Crippen LogP contribution is -2.30. The van der Waals surface area contributed by atoms with Gasteiger partial charge < -0.3 is 20.7 Å². The van der Waals surface area contributed by atoms with Crippen LogP contribution in [-0.2, 0) is 4.74 Å². The Labute approximate surface area is 72.9 Å². The third-order valence-corrected chi connectivity index (χ3v) is 1.26. The molecule has 0 rings (SSSR count). The molecule has 1 amide bonds. The van der Waals surface area contributed by atoms with Crippen molar-refractivity contribution in [3.63, 3.8) is 0 Å². The van der Waals surface area contributed by atoms with Gasteiger partial charge in [0.15, 0.2) is 0 Å². The first-order valence-corrected chi connectivity index (χ1v) is 3.90. The summed E-state index contributed by atoms with van der Waals surface area (Å²) in [6.45, 7) is 2.84. The lowest BCUT2D eigenvalue weighted by molar-refractivity contribution is 0.157. The number of ether oxygens (including phenoxy) is 1. The van der Waals surface area contributed by atoms with Crippen LogP contribution in [0.5, 0.6) is 0 Å². The first-order chi connectivity index (χ1) is 5.63.